The molecule has 2 rings (SSSR count). The standard InChI is InChI=1S/C13H13FN2O4S/c14-10-3-4-12(9(6-10)2-1-5-17)21(19,20)16-11-7-13(18)15-8-11/h3-4,6,11,16-17H,5,7-8H2,(H,15,18). The summed E-state index contributed by atoms with van der Waals surface area (Å²) in [5, 5.41) is 11.2. The van der Waals surface area contributed by atoms with E-state index in [4.69, 9.17) is 5.11 Å². The normalized spacial score (nSPS) is 18.0. The summed E-state index contributed by atoms with van der Waals surface area (Å²) < 4.78 is 40.2. The van der Waals surface area contributed by atoms with Crippen LogP contribution in [0.1, 0.15) is 12.0 Å². The number of rotatable bonds is 3. The summed E-state index contributed by atoms with van der Waals surface area (Å²) in [4.78, 5) is 10.9. The van der Waals surface area contributed by atoms with Crippen molar-refractivity contribution in [2.24, 2.45) is 0 Å². The highest BCUT2D eigenvalue weighted by atomic mass is 32.2. The minimum absolute atomic E-state index is 0.0474. The van der Waals surface area contributed by atoms with Crippen LogP contribution in [0.2, 0.25) is 0 Å². The van der Waals surface area contributed by atoms with Crippen LogP contribution in [0.15, 0.2) is 23.1 Å². The highest BCUT2D eigenvalue weighted by molar-refractivity contribution is 7.89. The number of aliphatic hydroxyl groups is 1. The topological polar surface area (TPSA) is 95.5 Å². The molecule has 0 spiro atoms. The maximum absolute atomic E-state index is 13.2. The molecule has 112 valence electrons. The number of amides is 1. The van der Waals surface area contributed by atoms with Gasteiger partial charge in [-0.3, -0.25) is 4.79 Å². The number of aliphatic hydroxyl groups excluding tert-OH is 1. The van der Waals surface area contributed by atoms with Crippen molar-refractivity contribution in [2.75, 3.05) is 13.2 Å². The first-order chi connectivity index (χ1) is 9.92. The second-order valence-electron chi connectivity index (χ2n) is 4.43. The summed E-state index contributed by atoms with van der Waals surface area (Å²) in [5.74, 6) is 3.82. The highest BCUT2D eigenvalue weighted by Crippen LogP contribution is 2.17. The molecule has 0 bridgehead atoms. The summed E-state index contributed by atoms with van der Waals surface area (Å²) in [5.41, 5.74) is -0.0474. The van der Waals surface area contributed by atoms with Crippen molar-refractivity contribution in [3.63, 3.8) is 0 Å². The number of hydrogen-bond acceptors (Lipinski definition) is 4. The minimum atomic E-state index is -3.94. The molecule has 1 atom stereocenters. The van der Waals surface area contributed by atoms with Gasteiger partial charge in [-0.05, 0) is 18.2 Å². The molecule has 1 aromatic rings. The molecule has 6 nitrogen and oxygen atoms in total. The second-order valence-corrected chi connectivity index (χ2v) is 6.11. The van der Waals surface area contributed by atoms with Gasteiger partial charge in [0.15, 0.2) is 0 Å². The molecule has 0 aromatic heterocycles. The van der Waals surface area contributed by atoms with Crippen LogP contribution in [-0.4, -0.2) is 38.6 Å². The molecule has 8 heteroatoms. The van der Waals surface area contributed by atoms with Crippen molar-refractivity contribution in [1.82, 2.24) is 10.0 Å². The average Bonchev–Trinajstić information content (AvgIpc) is 2.80. The van der Waals surface area contributed by atoms with Crippen molar-refractivity contribution in [1.29, 1.82) is 0 Å². The monoisotopic (exact) mass is 312 g/mol. The van der Waals surface area contributed by atoms with Crippen molar-refractivity contribution >= 4 is 15.9 Å². The Balaban J connectivity index is 2.33. The molecule has 1 aromatic carbocycles. The predicted octanol–water partition coefficient (Wildman–Crippen LogP) is -0.664. The zero-order chi connectivity index (χ0) is 15.5. The van der Waals surface area contributed by atoms with Crippen molar-refractivity contribution in [3.8, 4) is 11.8 Å². The predicted molar refractivity (Wildman–Crippen MR) is 72.1 cm³/mol. The van der Waals surface area contributed by atoms with Crippen molar-refractivity contribution in [3.05, 3.63) is 29.6 Å². The summed E-state index contributed by atoms with van der Waals surface area (Å²) in [7, 11) is -3.94. The number of halogens is 1. The Bertz CT molecular complexity index is 721. The van der Waals surface area contributed by atoms with Crippen LogP contribution in [0.25, 0.3) is 0 Å². The third-order valence-corrected chi connectivity index (χ3v) is 4.41. The molecule has 21 heavy (non-hydrogen) atoms. The SMILES string of the molecule is O=C1CC(NS(=O)(=O)c2ccc(F)cc2C#CCO)CN1. The van der Waals surface area contributed by atoms with Gasteiger partial charge in [0, 0.05) is 24.6 Å². The third kappa shape index (κ3) is 3.78. The van der Waals surface area contributed by atoms with E-state index < -0.39 is 28.5 Å². The smallest absolute Gasteiger partial charge is 0.242 e. The number of hydrogen-bond donors (Lipinski definition) is 3. The Morgan fingerprint density at radius 2 is 2.24 bits per heavy atom. The summed E-state index contributed by atoms with van der Waals surface area (Å²) in [6.45, 7) is -0.263. The van der Waals surface area contributed by atoms with E-state index in [2.05, 4.69) is 21.9 Å². The van der Waals surface area contributed by atoms with Crippen LogP contribution >= 0.6 is 0 Å². The number of carbonyl (C=O) groups is 1. The van der Waals surface area contributed by atoms with Gasteiger partial charge in [0.25, 0.3) is 0 Å². The molecule has 1 fully saturated rings. The lowest BCUT2D eigenvalue weighted by Gasteiger charge is -2.12. The minimum Gasteiger partial charge on any atom is -0.384 e. The summed E-state index contributed by atoms with van der Waals surface area (Å²) >= 11 is 0. The van der Waals surface area contributed by atoms with Gasteiger partial charge in [-0.25, -0.2) is 17.5 Å². The zero-order valence-corrected chi connectivity index (χ0v) is 11.7. The molecule has 3 N–H and O–H groups in total. The maximum Gasteiger partial charge on any atom is 0.242 e. The fourth-order valence-electron chi connectivity index (χ4n) is 1.94. The van der Waals surface area contributed by atoms with E-state index in [-0.39, 0.29) is 29.3 Å². The Morgan fingerprint density at radius 1 is 1.48 bits per heavy atom. The quantitative estimate of drug-likeness (QED) is 0.646. The van der Waals surface area contributed by atoms with Gasteiger partial charge in [0.2, 0.25) is 15.9 Å². The number of sulfonamides is 1. The van der Waals surface area contributed by atoms with Crippen molar-refractivity contribution in [2.45, 2.75) is 17.4 Å². The molecular formula is C13H13FN2O4S. The average molecular weight is 312 g/mol. The number of benzene rings is 1. The highest BCUT2D eigenvalue weighted by Gasteiger charge is 2.28. The zero-order valence-electron chi connectivity index (χ0n) is 10.9. The van der Waals surface area contributed by atoms with Gasteiger partial charge in [-0.15, -0.1) is 0 Å². The molecule has 1 heterocycles. The first kappa shape index (κ1) is 15.4. The van der Waals surface area contributed by atoms with E-state index in [1.54, 1.807) is 0 Å². The van der Waals surface area contributed by atoms with Crippen LogP contribution in [0, 0.1) is 17.7 Å². The molecule has 1 aliphatic heterocycles. The maximum atomic E-state index is 13.2. The van der Waals surface area contributed by atoms with E-state index in [0.717, 1.165) is 18.2 Å². The molecular weight excluding hydrogens is 299 g/mol. The van der Waals surface area contributed by atoms with E-state index in [1.165, 1.54) is 0 Å². The first-order valence-corrected chi connectivity index (χ1v) is 7.59. The lowest BCUT2D eigenvalue weighted by atomic mass is 10.2. The summed E-state index contributed by atoms with van der Waals surface area (Å²) in [6.07, 6.45) is 0.0536. The van der Waals surface area contributed by atoms with Gasteiger partial charge in [0.05, 0.1) is 4.90 Å². The molecule has 1 aliphatic rings. The van der Waals surface area contributed by atoms with Gasteiger partial charge in [0.1, 0.15) is 12.4 Å². The molecule has 0 radical (unpaired) electrons. The molecule has 1 amide bonds. The van der Waals surface area contributed by atoms with Gasteiger partial charge in [-0.1, -0.05) is 11.8 Å². The Hall–Kier alpha value is -1.95. The van der Waals surface area contributed by atoms with E-state index in [1.807, 2.05) is 0 Å². The van der Waals surface area contributed by atoms with Gasteiger partial charge >= 0.3 is 0 Å². The Kier molecular flexibility index (Phi) is 4.57. The fourth-order valence-corrected chi connectivity index (χ4v) is 3.32. The lowest BCUT2D eigenvalue weighted by Crippen LogP contribution is -2.36. The van der Waals surface area contributed by atoms with Gasteiger partial charge in [-0.2, -0.15) is 0 Å². The second kappa shape index (κ2) is 6.22. The number of carbonyl (C=O) groups excluding carboxylic acids is 1. The van der Waals surface area contributed by atoms with Crippen LogP contribution in [-0.2, 0) is 14.8 Å². The first-order valence-electron chi connectivity index (χ1n) is 6.10. The van der Waals surface area contributed by atoms with Crippen LogP contribution < -0.4 is 10.0 Å². The van der Waals surface area contributed by atoms with E-state index in [0.29, 0.717) is 0 Å². The van der Waals surface area contributed by atoms with E-state index >= 15 is 0 Å². The van der Waals surface area contributed by atoms with Crippen LogP contribution in [0.3, 0.4) is 0 Å². The van der Waals surface area contributed by atoms with Crippen LogP contribution in [0.5, 0.6) is 0 Å². The largest absolute Gasteiger partial charge is 0.384 e. The number of nitrogens with one attached hydrogen (secondary N) is 2. The lowest BCUT2D eigenvalue weighted by molar-refractivity contribution is -0.119. The van der Waals surface area contributed by atoms with Crippen LogP contribution in [0.4, 0.5) is 4.39 Å². The molecule has 0 aliphatic carbocycles. The fraction of sp³-hybridized carbons (Fsp3) is 0.308. The third-order valence-electron chi connectivity index (χ3n) is 2.83. The van der Waals surface area contributed by atoms with E-state index in [9.17, 15) is 17.6 Å². The summed E-state index contributed by atoms with van der Waals surface area (Å²) in [6, 6.07) is 2.54. The molecule has 1 unspecified atom stereocenters. The Morgan fingerprint density at radius 3 is 2.86 bits per heavy atom. The molecule has 1 saturated heterocycles. The van der Waals surface area contributed by atoms with Crippen molar-refractivity contribution < 1.29 is 22.7 Å². The molecule has 0 saturated carbocycles. The Labute approximate surface area is 121 Å². The van der Waals surface area contributed by atoms with Gasteiger partial charge < -0.3 is 10.4 Å².